The van der Waals surface area contributed by atoms with Gasteiger partial charge >= 0.3 is 0 Å². The Hall–Kier alpha value is -2.44. The number of rotatable bonds is 8. The molecule has 1 aliphatic carbocycles. The fourth-order valence-corrected chi connectivity index (χ4v) is 3.87. The van der Waals surface area contributed by atoms with Crippen molar-refractivity contribution in [2.24, 2.45) is 0 Å². The average molecular weight is 479 g/mol. The molecule has 6 nitrogen and oxygen atoms in total. The highest BCUT2D eigenvalue weighted by Gasteiger charge is 2.23. The zero-order valence-corrected chi connectivity index (χ0v) is 19.8. The lowest BCUT2D eigenvalue weighted by atomic mass is 9.91. The van der Waals surface area contributed by atoms with Crippen molar-refractivity contribution in [3.8, 4) is 11.5 Å². The third-order valence-corrected chi connectivity index (χ3v) is 6.30. The Bertz CT molecular complexity index is 882. The van der Waals surface area contributed by atoms with Crippen LogP contribution in [0.5, 0.6) is 11.5 Å². The molecular weight excluding hydrogens is 451 g/mol. The number of amides is 2. The van der Waals surface area contributed by atoms with Crippen LogP contribution in [0.25, 0.3) is 0 Å². The van der Waals surface area contributed by atoms with Crippen molar-refractivity contribution in [3.05, 3.63) is 57.6 Å². The fraction of sp³-hybridized carbons (Fsp3) is 0.417. The Labute approximate surface area is 198 Å². The Morgan fingerprint density at radius 2 is 1.16 bits per heavy atom. The molecule has 2 aromatic carbocycles. The van der Waals surface area contributed by atoms with Gasteiger partial charge in [0.1, 0.15) is 11.5 Å². The number of carbonyl (C=O) groups excluding carboxylic acids is 2. The summed E-state index contributed by atoms with van der Waals surface area (Å²) in [5, 5.41) is 7.34. The lowest BCUT2D eigenvalue weighted by Crippen LogP contribution is -2.45. The number of hydrogen-bond acceptors (Lipinski definition) is 4. The topological polar surface area (TPSA) is 76.7 Å². The molecule has 0 saturated heterocycles. The van der Waals surface area contributed by atoms with Crippen LogP contribution < -0.4 is 20.1 Å². The summed E-state index contributed by atoms with van der Waals surface area (Å²) < 4.78 is 11.1. The van der Waals surface area contributed by atoms with Crippen molar-refractivity contribution >= 4 is 35.0 Å². The van der Waals surface area contributed by atoms with E-state index in [2.05, 4.69) is 10.6 Å². The standard InChI is InChI=1S/C24H28Cl2N2O4/c1-15-11-19(7-9-21(15)25)31-13-23(29)27-17-3-5-18(6-4-17)28-24(30)14-32-20-8-10-22(26)16(2)12-20/h7-12,17-18H,3-6,13-14H2,1-2H3,(H,27,29)(H,28,30). The molecule has 0 unspecified atom stereocenters. The second kappa shape index (κ2) is 11.4. The van der Waals surface area contributed by atoms with E-state index in [-0.39, 0.29) is 37.1 Å². The second-order valence-corrected chi connectivity index (χ2v) is 8.90. The third kappa shape index (κ3) is 7.31. The van der Waals surface area contributed by atoms with Crippen LogP contribution in [0.2, 0.25) is 10.0 Å². The molecule has 172 valence electrons. The van der Waals surface area contributed by atoms with E-state index in [1.807, 2.05) is 13.8 Å². The number of carbonyl (C=O) groups is 2. The van der Waals surface area contributed by atoms with E-state index >= 15 is 0 Å². The molecule has 0 bridgehead atoms. The van der Waals surface area contributed by atoms with Gasteiger partial charge in [0.2, 0.25) is 0 Å². The maximum atomic E-state index is 12.2. The van der Waals surface area contributed by atoms with Crippen molar-refractivity contribution in [3.63, 3.8) is 0 Å². The van der Waals surface area contributed by atoms with Crippen molar-refractivity contribution in [2.75, 3.05) is 13.2 Å². The van der Waals surface area contributed by atoms with Gasteiger partial charge in [-0.05, 0) is 87.1 Å². The average Bonchev–Trinajstić information content (AvgIpc) is 2.77. The zero-order chi connectivity index (χ0) is 23.1. The Morgan fingerprint density at radius 3 is 1.50 bits per heavy atom. The highest BCUT2D eigenvalue weighted by molar-refractivity contribution is 6.31. The first kappa shape index (κ1) is 24.2. The van der Waals surface area contributed by atoms with Crippen LogP contribution in [0.3, 0.4) is 0 Å². The molecule has 32 heavy (non-hydrogen) atoms. The Balaban J connectivity index is 1.33. The van der Waals surface area contributed by atoms with Gasteiger partial charge in [-0.25, -0.2) is 0 Å². The number of aryl methyl sites for hydroxylation is 2. The van der Waals surface area contributed by atoms with Gasteiger partial charge in [0.15, 0.2) is 13.2 Å². The van der Waals surface area contributed by atoms with Crippen LogP contribution in [0.1, 0.15) is 36.8 Å². The van der Waals surface area contributed by atoms with Crippen LogP contribution in [-0.4, -0.2) is 37.1 Å². The van der Waals surface area contributed by atoms with Gasteiger partial charge in [-0.1, -0.05) is 23.2 Å². The van der Waals surface area contributed by atoms with Crippen LogP contribution >= 0.6 is 23.2 Å². The van der Waals surface area contributed by atoms with Gasteiger partial charge in [-0.3, -0.25) is 9.59 Å². The lowest BCUT2D eigenvalue weighted by molar-refractivity contribution is -0.125. The summed E-state index contributed by atoms with van der Waals surface area (Å²) in [6, 6.07) is 10.8. The molecule has 2 amide bonds. The largest absolute Gasteiger partial charge is 0.484 e. The van der Waals surface area contributed by atoms with Gasteiger partial charge in [0, 0.05) is 22.1 Å². The maximum Gasteiger partial charge on any atom is 0.258 e. The third-order valence-electron chi connectivity index (χ3n) is 5.46. The van der Waals surface area contributed by atoms with E-state index in [0.29, 0.717) is 21.5 Å². The Morgan fingerprint density at radius 1 is 0.781 bits per heavy atom. The molecular formula is C24H28Cl2N2O4. The van der Waals surface area contributed by atoms with E-state index < -0.39 is 0 Å². The first-order valence-electron chi connectivity index (χ1n) is 10.7. The van der Waals surface area contributed by atoms with Crippen LogP contribution in [0, 0.1) is 13.8 Å². The summed E-state index contributed by atoms with van der Waals surface area (Å²) in [6.45, 7) is 3.69. The highest BCUT2D eigenvalue weighted by atomic mass is 35.5. The molecule has 0 aliphatic heterocycles. The highest BCUT2D eigenvalue weighted by Crippen LogP contribution is 2.22. The number of halogens is 2. The first-order chi connectivity index (χ1) is 15.3. The predicted octanol–water partition coefficient (Wildman–Crippen LogP) is 4.61. The maximum absolute atomic E-state index is 12.2. The van der Waals surface area contributed by atoms with Crippen molar-refractivity contribution < 1.29 is 19.1 Å². The van der Waals surface area contributed by atoms with Crippen LogP contribution in [0.15, 0.2) is 36.4 Å². The minimum atomic E-state index is -0.156. The number of ether oxygens (including phenoxy) is 2. The monoisotopic (exact) mass is 478 g/mol. The molecule has 1 fully saturated rings. The van der Waals surface area contributed by atoms with E-state index in [4.69, 9.17) is 32.7 Å². The number of nitrogens with one attached hydrogen (secondary N) is 2. The van der Waals surface area contributed by atoms with Gasteiger partial charge < -0.3 is 20.1 Å². The molecule has 0 heterocycles. The molecule has 8 heteroatoms. The zero-order valence-electron chi connectivity index (χ0n) is 18.3. The molecule has 0 aromatic heterocycles. The molecule has 2 aromatic rings. The van der Waals surface area contributed by atoms with Gasteiger partial charge in [-0.2, -0.15) is 0 Å². The molecule has 0 radical (unpaired) electrons. The quantitative estimate of drug-likeness (QED) is 0.580. The molecule has 0 atom stereocenters. The van der Waals surface area contributed by atoms with E-state index in [1.54, 1.807) is 36.4 Å². The van der Waals surface area contributed by atoms with Crippen LogP contribution in [0.4, 0.5) is 0 Å². The van der Waals surface area contributed by atoms with Crippen molar-refractivity contribution in [1.82, 2.24) is 10.6 Å². The van der Waals surface area contributed by atoms with Crippen molar-refractivity contribution in [1.29, 1.82) is 0 Å². The summed E-state index contributed by atoms with van der Waals surface area (Å²) in [7, 11) is 0. The minimum absolute atomic E-state index is 0.0424. The molecule has 1 saturated carbocycles. The minimum Gasteiger partial charge on any atom is -0.484 e. The normalized spacial score (nSPS) is 18.0. The predicted molar refractivity (Wildman–Crippen MR) is 126 cm³/mol. The summed E-state index contributed by atoms with van der Waals surface area (Å²) in [4.78, 5) is 24.4. The summed E-state index contributed by atoms with van der Waals surface area (Å²) in [6.07, 6.45) is 3.20. The van der Waals surface area contributed by atoms with Crippen LogP contribution in [-0.2, 0) is 9.59 Å². The molecule has 2 N–H and O–H groups in total. The summed E-state index contributed by atoms with van der Waals surface area (Å²) >= 11 is 12.0. The second-order valence-electron chi connectivity index (χ2n) is 8.08. The number of benzene rings is 2. The lowest BCUT2D eigenvalue weighted by Gasteiger charge is -2.29. The SMILES string of the molecule is Cc1cc(OCC(=O)NC2CCC(NC(=O)COc3ccc(Cl)c(C)c3)CC2)ccc1Cl. The van der Waals surface area contributed by atoms with E-state index in [0.717, 1.165) is 36.8 Å². The van der Waals surface area contributed by atoms with Gasteiger partial charge in [0.25, 0.3) is 11.8 Å². The number of hydrogen-bond donors (Lipinski definition) is 2. The molecule has 0 spiro atoms. The summed E-state index contributed by atoms with van der Waals surface area (Å²) in [5.41, 5.74) is 1.80. The fourth-order valence-electron chi connectivity index (χ4n) is 3.63. The van der Waals surface area contributed by atoms with Gasteiger partial charge in [0.05, 0.1) is 0 Å². The molecule has 1 aliphatic rings. The smallest absolute Gasteiger partial charge is 0.258 e. The first-order valence-corrected chi connectivity index (χ1v) is 11.4. The van der Waals surface area contributed by atoms with E-state index in [9.17, 15) is 9.59 Å². The van der Waals surface area contributed by atoms with Crippen molar-refractivity contribution in [2.45, 2.75) is 51.6 Å². The van der Waals surface area contributed by atoms with Gasteiger partial charge in [-0.15, -0.1) is 0 Å². The van der Waals surface area contributed by atoms with E-state index in [1.165, 1.54) is 0 Å². The summed E-state index contributed by atoms with van der Waals surface area (Å²) in [5.74, 6) is 0.919. The Kier molecular flexibility index (Phi) is 8.65. The molecule has 3 rings (SSSR count).